The Hall–Kier alpha value is -1.66. The van der Waals surface area contributed by atoms with E-state index in [1.54, 1.807) is 4.90 Å². The maximum atomic E-state index is 13.0. The van der Waals surface area contributed by atoms with Crippen molar-refractivity contribution in [1.82, 2.24) is 4.90 Å². The number of nitrogens with zero attached hydrogens (tertiary/aromatic N) is 1. The van der Waals surface area contributed by atoms with Gasteiger partial charge in [0, 0.05) is 5.69 Å². The molecule has 1 saturated heterocycles. The molecule has 0 radical (unpaired) electrons. The number of hydrogen-bond donors (Lipinski definition) is 2. The van der Waals surface area contributed by atoms with E-state index in [0.717, 1.165) is 12.5 Å². The maximum Gasteiger partial charge on any atom is 0.320 e. The highest BCUT2D eigenvalue weighted by molar-refractivity contribution is 6.31. The summed E-state index contributed by atoms with van der Waals surface area (Å²) >= 11 is 5.62. The fourth-order valence-corrected chi connectivity index (χ4v) is 2.43. The average Bonchev–Trinajstić information content (AvgIpc) is 2.82. The topological polar surface area (TPSA) is 69.6 Å². The zero-order valence-corrected chi connectivity index (χ0v) is 11.4. The Morgan fingerprint density at radius 1 is 1.50 bits per heavy atom. The molecule has 5 nitrogen and oxygen atoms in total. The van der Waals surface area contributed by atoms with Gasteiger partial charge in [0.2, 0.25) is 5.91 Å². The number of carbonyl (C=O) groups excluding carboxylic acids is 1. The van der Waals surface area contributed by atoms with Crippen molar-refractivity contribution in [3.8, 4) is 0 Å². The number of benzene rings is 1. The molecule has 1 aromatic rings. The second-order valence-electron chi connectivity index (χ2n) is 4.64. The molecule has 7 heteroatoms. The predicted molar refractivity (Wildman–Crippen MR) is 72.3 cm³/mol. The van der Waals surface area contributed by atoms with Crippen molar-refractivity contribution >= 4 is 29.2 Å². The molecule has 1 heterocycles. The van der Waals surface area contributed by atoms with Gasteiger partial charge < -0.3 is 10.4 Å². The van der Waals surface area contributed by atoms with Crippen LogP contribution in [0.2, 0.25) is 5.02 Å². The summed E-state index contributed by atoms with van der Waals surface area (Å²) < 4.78 is 13.0. The number of aliphatic carboxylic acids is 1. The normalized spacial score (nSPS) is 19.0. The van der Waals surface area contributed by atoms with Crippen LogP contribution in [-0.2, 0) is 9.59 Å². The number of likely N-dealkylation sites (tertiary alicyclic amines) is 1. The van der Waals surface area contributed by atoms with Crippen molar-refractivity contribution in [1.29, 1.82) is 0 Å². The lowest BCUT2D eigenvalue weighted by Gasteiger charge is -2.20. The van der Waals surface area contributed by atoms with Gasteiger partial charge in [0.05, 0.1) is 11.6 Å². The minimum absolute atomic E-state index is 0.00797. The van der Waals surface area contributed by atoms with Crippen LogP contribution in [0.15, 0.2) is 18.2 Å². The highest BCUT2D eigenvalue weighted by Gasteiger charge is 2.31. The number of rotatable bonds is 4. The highest BCUT2D eigenvalue weighted by Crippen LogP contribution is 2.20. The molecule has 2 rings (SSSR count). The van der Waals surface area contributed by atoms with Gasteiger partial charge in [-0.1, -0.05) is 11.6 Å². The monoisotopic (exact) mass is 300 g/mol. The van der Waals surface area contributed by atoms with Crippen LogP contribution in [-0.4, -0.2) is 41.0 Å². The molecule has 1 fully saturated rings. The summed E-state index contributed by atoms with van der Waals surface area (Å²) in [6.45, 7) is 0.570. The lowest BCUT2D eigenvalue weighted by atomic mass is 10.2. The van der Waals surface area contributed by atoms with E-state index in [-0.39, 0.29) is 17.5 Å². The van der Waals surface area contributed by atoms with E-state index in [1.165, 1.54) is 12.1 Å². The molecule has 1 aromatic carbocycles. The van der Waals surface area contributed by atoms with Gasteiger partial charge in [-0.25, -0.2) is 4.39 Å². The third-order valence-electron chi connectivity index (χ3n) is 3.20. The molecule has 20 heavy (non-hydrogen) atoms. The number of anilines is 1. The smallest absolute Gasteiger partial charge is 0.320 e. The Balaban J connectivity index is 1.95. The molecular formula is C13H14ClFN2O3. The zero-order chi connectivity index (χ0) is 14.7. The Morgan fingerprint density at radius 3 is 2.90 bits per heavy atom. The summed E-state index contributed by atoms with van der Waals surface area (Å²) in [6, 6.07) is 3.26. The average molecular weight is 301 g/mol. The molecule has 1 atom stereocenters. The van der Waals surface area contributed by atoms with E-state index in [9.17, 15) is 14.0 Å². The number of halogens is 2. The summed E-state index contributed by atoms with van der Waals surface area (Å²) in [5.74, 6) is -1.82. The van der Waals surface area contributed by atoms with Gasteiger partial charge >= 0.3 is 5.97 Å². The van der Waals surface area contributed by atoms with Crippen molar-refractivity contribution < 1.29 is 19.1 Å². The first-order valence-electron chi connectivity index (χ1n) is 6.19. The number of carbonyl (C=O) groups is 2. The molecular weight excluding hydrogens is 287 g/mol. The summed E-state index contributed by atoms with van der Waals surface area (Å²) in [4.78, 5) is 24.5. The molecule has 0 bridgehead atoms. The molecule has 2 N–H and O–H groups in total. The SMILES string of the molecule is O=C(CN1CCC[C@@H]1C(=O)O)Nc1ccc(F)c(Cl)c1. The quantitative estimate of drug-likeness (QED) is 0.892. The van der Waals surface area contributed by atoms with Crippen molar-refractivity contribution in [2.45, 2.75) is 18.9 Å². The molecule has 108 valence electrons. The molecule has 0 spiro atoms. The summed E-state index contributed by atoms with van der Waals surface area (Å²) in [7, 11) is 0. The number of nitrogens with one attached hydrogen (secondary N) is 1. The van der Waals surface area contributed by atoms with E-state index in [0.29, 0.717) is 18.7 Å². The second-order valence-corrected chi connectivity index (χ2v) is 5.05. The number of carboxylic acids is 1. The lowest BCUT2D eigenvalue weighted by molar-refractivity contribution is -0.142. The lowest BCUT2D eigenvalue weighted by Crippen LogP contribution is -2.40. The molecule has 0 aliphatic carbocycles. The Labute approximate surface area is 120 Å². The number of hydrogen-bond acceptors (Lipinski definition) is 3. The van der Waals surface area contributed by atoms with Crippen LogP contribution < -0.4 is 5.32 Å². The van der Waals surface area contributed by atoms with Crippen LogP contribution >= 0.6 is 11.6 Å². The maximum absolute atomic E-state index is 13.0. The van der Waals surface area contributed by atoms with Crippen LogP contribution in [0.5, 0.6) is 0 Å². The van der Waals surface area contributed by atoms with E-state index >= 15 is 0 Å². The van der Waals surface area contributed by atoms with Crippen molar-refractivity contribution in [2.75, 3.05) is 18.4 Å². The first-order chi connectivity index (χ1) is 9.47. The van der Waals surface area contributed by atoms with Gasteiger partial charge in [-0.05, 0) is 37.6 Å². The minimum Gasteiger partial charge on any atom is -0.480 e. The zero-order valence-electron chi connectivity index (χ0n) is 10.6. The number of amides is 1. The highest BCUT2D eigenvalue weighted by atomic mass is 35.5. The second kappa shape index (κ2) is 6.19. The van der Waals surface area contributed by atoms with Crippen molar-refractivity contribution in [3.63, 3.8) is 0 Å². The van der Waals surface area contributed by atoms with Gasteiger partial charge in [0.15, 0.2) is 0 Å². The van der Waals surface area contributed by atoms with Crippen LogP contribution in [0, 0.1) is 5.82 Å². The first kappa shape index (κ1) is 14.7. The predicted octanol–water partition coefficient (Wildman–Crippen LogP) is 1.97. The fraction of sp³-hybridized carbons (Fsp3) is 0.385. The van der Waals surface area contributed by atoms with Gasteiger partial charge in [-0.3, -0.25) is 14.5 Å². The van der Waals surface area contributed by atoms with Crippen LogP contribution in [0.3, 0.4) is 0 Å². The van der Waals surface area contributed by atoms with E-state index in [2.05, 4.69) is 5.32 Å². The molecule has 0 saturated carbocycles. The standard InChI is InChI=1S/C13H14ClFN2O3/c14-9-6-8(3-4-10(9)15)16-12(18)7-17-5-1-2-11(17)13(19)20/h3-4,6,11H,1-2,5,7H2,(H,16,18)(H,19,20)/t11-/m1/s1. The van der Waals surface area contributed by atoms with E-state index in [1.807, 2.05) is 0 Å². The largest absolute Gasteiger partial charge is 0.480 e. The Morgan fingerprint density at radius 2 is 2.25 bits per heavy atom. The summed E-state index contributed by atoms with van der Waals surface area (Å²) in [6.07, 6.45) is 1.30. The van der Waals surface area contributed by atoms with Gasteiger partial charge in [-0.2, -0.15) is 0 Å². The first-order valence-corrected chi connectivity index (χ1v) is 6.57. The Bertz CT molecular complexity index is 538. The van der Waals surface area contributed by atoms with Crippen LogP contribution in [0.1, 0.15) is 12.8 Å². The third kappa shape index (κ3) is 3.46. The number of carboxylic acid groups (broad SMARTS) is 1. The minimum atomic E-state index is -0.917. The van der Waals surface area contributed by atoms with E-state index in [4.69, 9.17) is 16.7 Å². The summed E-state index contributed by atoms with van der Waals surface area (Å²) in [5, 5.41) is 11.5. The van der Waals surface area contributed by atoms with E-state index < -0.39 is 17.8 Å². The van der Waals surface area contributed by atoms with Crippen molar-refractivity contribution in [3.05, 3.63) is 29.0 Å². The Kier molecular flexibility index (Phi) is 4.57. The fourth-order valence-electron chi connectivity index (χ4n) is 2.25. The molecule has 1 amide bonds. The summed E-state index contributed by atoms with van der Waals surface area (Å²) in [5.41, 5.74) is 0.382. The van der Waals surface area contributed by atoms with Gasteiger partial charge in [-0.15, -0.1) is 0 Å². The molecule has 0 unspecified atom stereocenters. The molecule has 1 aliphatic heterocycles. The van der Waals surface area contributed by atoms with Crippen LogP contribution in [0.4, 0.5) is 10.1 Å². The van der Waals surface area contributed by atoms with Crippen LogP contribution in [0.25, 0.3) is 0 Å². The van der Waals surface area contributed by atoms with Gasteiger partial charge in [0.1, 0.15) is 11.9 Å². The molecule has 0 aromatic heterocycles. The van der Waals surface area contributed by atoms with Crippen molar-refractivity contribution in [2.24, 2.45) is 0 Å². The van der Waals surface area contributed by atoms with Gasteiger partial charge in [0.25, 0.3) is 0 Å². The molecule has 1 aliphatic rings. The third-order valence-corrected chi connectivity index (χ3v) is 3.49.